The lowest BCUT2D eigenvalue weighted by molar-refractivity contribution is 0.0626. The molecular formula is C15H19N5O2. The molecule has 1 aliphatic rings. The molecule has 0 N–H and O–H groups in total. The third kappa shape index (κ3) is 2.48. The highest BCUT2D eigenvalue weighted by Crippen LogP contribution is 2.25. The monoisotopic (exact) mass is 301 g/mol. The van der Waals surface area contributed by atoms with E-state index in [1.54, 1.807) is 24.3 Å². The Bertz CT molecular complexity index is 680. The summed E-state index contributed by atoms with van der Waals surface area (Å²) < 4.78 is 7.16. The van der Waals surface area contributed by atoms with Gasteiger partial charge < -0.3 is 14.2 Å². The van der Waals surface area contributed by atoms with Crippen LogP contribution >= 0.6 is 0 Å². The Morgan fingerprint density at radius 3 is 2.86 bits per heavy atom. The average molecular weight is 301 g/mol. The van der Waals surface area contributed by atoms with Gasteiger partial charge in [0.15, 0.2) is 11.6 Å². The minimum Gasteiger partial charge on any atom is -0.377 e. The summed E-state index contributed by atoms with van der Waals surface area (Å²) >= 11 is 0. The third-order valence-corrected chi connectivity index (χ3v) is 3.93. The van der Waals surface area contributed by atoms with Gasteiger partial charge in [0.2, 0.25) is 0 Å². The first-order valence-corrected chi connectivity index (χ1v) is 7.26. The maximum absolute atomic E-state index is 12.6. The van der Waals surface area contributed by atoms with Crippen LogP contribution in [0.3, 0.4) is 0 Å². The summed E-state index contributed by atoms with van der Waals surface area (Å²) in [5.41, 5.74) is 1.50. The molecule has 0 radical (unpaired) electrons. The predicted molar refractivity (Wildman–Crippen MR) is 79.2 cm³/mol. The quantitative estimate of drug-likeness (QED) is 0.855. The second-order valence-corrected chi connectivity index (χ2v) is 5.45. The highest BCUT2D eigenvalue weighted by Gasteiger charge is 2.32. The highest BCUT2D eigenvalue weighted by molar-refractivity contribution is 5.92. The fraction of sp³-hybridized carbons (Fsp3) is 0.467. The average Bonchev–Trinajstić information content (AvgIpc) is 2.92. The highest BCUT2D eigenvalue weighted by atomic mass is 16.5. The van der Waals surface area contributed by atoms with Crippen LogP contribution in [0.4, 0.5) is 0 Å². The van der Waals surface area contributed by atoms with Crippen LogP contribution in [0.1, 0.15) is 40.7 Å². The number of carbonyl (C=O) groups excluding carboxylic acids is 1. The normalized spacial score (nSPS) is 17.4. The molecule has 0 saturated carbocycles. The Kier molecular flexibility index (Phi) is 3.89. The second-order valence-electron chi connectivity index (χ2n) is 5.45. The van der Waals surface area contributed by atoms with Crippen molar-refractivity contribution in [2.75, 3.05) is 13.7 Å². The zero-order chi connectivity index (χ0) is 15.7. The van der Waals surface area contributed by atoms with Crippen LogP contribution in [0.15, 0.2) is 18.3 Å². The minimum absolute atomic E-state index is 0.0740. The van der Waals surface area contributed by atoms with Crippen molar-refractivity contribution >= 4 is 5.91 Å². The number of hydrogen-bond donors (Lipinski definition) is 0. The largest absolute Gasteiger partial charge is 0.377 e. The standard InChI is InChI=1S/C15H19N5O2/c1-10-4-5-12(16-8-10)15(21)19-6-7-20-13(9-22-3)17-18-14(20)11(19)2/h4-5,8,11H,6-7,9H2,1-3H3. The fourth-order valence-corrected chi connectivity index (χ4v) is 2.70. The van der Waals surface area contributed by atoms with E-state index in [4.69, 9.17) is 4.74 Å². The lowest BCUT2D eigenvalue weighted by atomic mass is 10.1. The van der Waals surface area contributed by atoms with Crippen LogP contribution in [0.5, 0.6) is 0 Å². The number of aromatic nitrogens is 4. The van der Waals surface area contributed by atoms with Gasteiger partial charge in [0.25, 0.3) is 5.91 Å². The van der Waals surface area contributed by atoms with Gasteiger partial charge in [0.05, 0.1) is 6.04 Å². The van der Waals surface area contributed by atoms with Crippen LogP contribution in [0.25, 0.3) is 0 Å². The van der Waals surface area contributed by atoms with Gasteiger partial charge in [-0.1, -0.05) is 6.07 Å². The van der Waals surface area contributed by atoms with Gasteiger partial charge in [-0.15, -0.1) is 10.2 Å². The van der Waals surface area contributed by atoms with E-state index in [0.717, 1.165) is 17.2 Å². The van der Waals surface area contributed by atoms with Gasteiger partial charge in [-0.25, -0.2) is 0 Å². The lowest BCUT2D eigenvalue weighted by Gasteiger charge is -2.33. The maximum Gasteiger partial charge on any atom is 0.273 e. The number of fused-ring (bicyclic) bond motifs is 1. The molecule has 0 aromatic carbocycles. The van der Waals surface area contributed by atoms with Gasteiger partial charge in [-0.2, -0.15) is 0 Å². The summed E-state index contributed by atoms with van der Waals surface area (Å²) in [6, 6.07) is 3.52. The van der Waals surface area contributed by atoms with E-state index in [-0.39, 0.29) is 11.9 Å². The second kappa shape index (κ2) is 5.84. The Labute approximate surface area is 128 Å². The van der Waals surface area contributed by atoms with E-state index in [9.17, 15) is 4.79 Å². The summed E-state index contributed by atoms with van der Waals surface area (Å²) in [7, 11) is 1.63. The molecule has 7 heteroatoms. The fourth-order valence-electron chi connectivity index (χ4n) is 2.70. The lowest BCUT2D eigenvalue weighted by Crippen LogP contribution is -2.41. The molecule has 3 rings (SSSR count). The number of rotatable bonds is 3. The Morgan fingerprint density at radius 2 is 2.18 bits per heavy atom. The summed E-state index contributed by atoms with van der Waals surface area (Å²) in [5.74, 6) is 1.51. The minimum atomic E-state index is -0.137. The molecule has 3 heterocycles. The molecule has 0 spiro atoms. The molecule has 0 saturated heterocycles. The van der Waals surface area contributed by atoms with Crippen molar-refractivity contribution in [2.24, 2.45) is 0 Å². The molecule has 2 aromatic heterocycles. The number of amides is 1. The van der Waals surface area contributed by atoms with Crippen molar-refractivity contribution in [1.29, 1.82) is 0 Å². The van der Waals surface area contributed by atoms with Crippen LogP contribution in [0, 0.1) is 6.92 Å². The first-order valence-electron chi connectivity index (χ1n) is 7.26. The molecular weight excluding hydrogens is 282 g/mol. The molecule has 0 bridgehead atoms. The Morgan fingerprint density at radius 1 is 1.36 bits per heavy atom. The smallest absolute Gasteiger partial charge is 0.273 e. The molecule has 1 aliphatic heterocycles. The molecule has 1 amide bonds. The van der Waals surface area contributed by atoms with E-state index in [1.807, 2.05) is 24.5 Å². The summed E-state index contributed by atoms with van der Waals surface area (Å²) in [5, 5.41) is 8.37. The summed E-state index contributed by atoms with van der Waals surface area (Å²) in [6.07, 6.45) is 1.71. The molecule has 1 atom stereocenters. The van der Waals surface area contributed by atoms with Gasteiger partial charge in [-0.3, -0.25) is 9.78 Å². The molecule has 116 valence electrons. The van der Waals surface area contributed by atoms with E-state index in [0.29, 0.717) is 25.4 Å². The van der Waals surface area contributed by atoms with Crippen LogP contribution < -0.4 is 0 Å². The number of hydrogen-bond acceptors (Lipinski definition) is 5. The zero-order valence-corrected chi connectivity index (χ0v) is 13.0. The van der Waals surface area contributed by atoms with Crippen molar-refractivity contribution < 1.29 is 9.53 Å². The molecule has 22 heavy (non-hydrogen) atoms. The van der Waals surface area contributed by atoms with Gasteiger partial charge in [0, 0.05) is 26.4 Å². The van der Waals surface area contributed by atoms with Crippen LogP contribution in [0.2, 0.25) is 0 Å². The molecule has 0 fully saturated rings. The van der Waals surface area contributed by atoms with Crippen molar-refractivity contribution in [3.05, 3.63) is 41.2 Å². The van der Waals surface area contributed by atoms with Gasteiger partial charge in [-0.05, 0) is 25.5 Å². The SMILES string of the molecule is COCc1nnc2n1CCN(C(=O)c1ccc(C)cn1)C2C. The molecule has 7 nitrogen and oxygen atoms in total. The number of ether oxygens (including phenoxy) is 1. The van der Waals surface area contributed by atoms with Crippen molar-refractivity contribution in [3.8, 4) is 0 Å². The number of methoxy groups -OCH3 is 1. The number of nitrogens with zero attached hydrogens (tertiary/aromatic N) is 5. The topological polar surface area (TPSA) is 73.1 Å². The first-order chi connectivity index (χ1) is 10.6. The molecule has 0 aliphatic carbocycles. The zero-order valence-electron chi connectivity index (χ0n) is 13.0. The predicted octanol–water partition coefficient (Wildman–Crippen LogP) is 1.34. The summed E-state index contributed by atoms with van der Waals surface area (Å²) in [4.78, 5) is 18.7. The number of pyridine rings is 1. The van der Waals surface area contributed by atoms with Crippen LogP contribution in [-0.2, 0) is 17.9 Å². The van der Waals surface area contributed by atoms with Crippen LogP contribution in [-0.4, -0.2) is 44.2 Å². The van der Waals surface area contributed by atoms with Gasteiger partial charge >= 0.3 is 0 Å². The van der Waals surface area contributed by atoms with Crippen molar-refractivity contribution in [2.45, 2.75) is 33.0 Å². The van der Waals surface area contributed by atoms with E-state index in [2.05, 4.69) is 15.2 Å². The third-order valence-electron chi connectivity index (χ3n) is 3.93. The van der Waals surface area contributed by atoms with E-state index < -0.39 is 0 Å². The number of carbonyl (C=O) groups is 1. The maximum atomic E-state index is 12.6. The van der Waals surface area contributed by atoms with E-state index in [1.165, 1.54) is 0 Å². The molecule has 2 aromatic rings. The van der Waals surface area contributed by atoms with Crippen molar-refractivity contribution in [1.82, 2.24) is 24.6 Å². The molecule has 1 unspecified atom stereocenters. The Hall–Kier alpha value is -2.28. The van der Waals surface area contributed by atoms with E-state index >= 15 is 0 Å². The number of aryl methyl sites for hydroxylation is 1. The first kappa shape index (κ1) is 14.6. The van der Waals surface area contributed by atoms with Crippen molar-refractivity contribution in [3.63, 3.8) is 0 Å². The van der Waals surface area contributed by atoms with Gasteiger partial charge in [0.1, 0.15) is 12.3 Å². The summed E-state index contributed by atoms with van der Waals surface area (Å²) in [6.45, 7) is 5.61. The Balaban J connectivity index is 1.84.